The predicted octanol–water partition coefficient (Wildman–Crippen LogP) is 2.19. The van der Waals surface area contributed by atoms with Crippen LogP contribution >= 0.6 is 0 Å². The van der Waals surface area contributed by atoms with Crippen LogP contribution < -0.4 is 10.4 Å². The average Bonchev–Trinajstić information content (AvgIpc) is 2.28. The molecular formula is C12H14N4O2. The lowest BCUT2D eigenvalue weighted by Crippen LogP contribution is -2.51. The first-order valence-electron chi connectivity index (χ1n) is 5.46. The van der Waals surface area contributed by atoms with Crippen molar-refractivity contribution in [2.45, 2.75) is 13.8 Å². The van der Waals surface area contributed by atoms with E-state index in [4.69, 9.17) is 0 Å². The minimum atomic E-state index is -1.11. The van der Waals surface area contributed by atoms with Gasteiger partial charge in [0.05, 0.1) is 11.4 Å². The Kier molecular flexibility index (Phi) is 3.18. The second-order valence-electron chi connectivity index (χ2n) is 3.90. The van der Waals surface area contributed by atoms with Crippen molar-refractivity contribution in [3.63, 3.8) is 0 Å². The molecule has 18 heavy (non-hydrogen) atoms. The molecule has 6 heteroatoms. The zero-order chi connectivity index (χ0) is 13.1. The van der Waals surface area contributed by atoms with Crippen LogP contribution in [0.4, 0.5) is 10.5 Å². The quantitative estimate of drug-likeness (QED) is 0.839. The van der Waals surface area contributed by atoms with Crippen LogP contribution in [0.5, 0.6) is 0 Å². The van der Waals surface area contributed by atoms with Gasteiger partial charge >= 0.3 is 6.09 Å². The number of para-hydroxylation sites is 1. The molecule has 0 aromatic heterocycles. The third kappa shape index (κ3) is 2.42. The zero-order valence-corrected chi connectivity index (χ0v) is 10.2. The molecule has 1 aromatic rings. The summed E-state index contributed by atoms with van der Waals surface area (Å²) >= 11 is 0. The highest BCUT2D eigenvalue weighted by Gasteiger charge is 2.23. The van der Waals surface area contributed by atoms with Crippen molar-refractivity contribution in [2.75, 3.05) is 5.01 Å². The molecule has 1 aliphatic rings. The highest BCUT2D eigenvalue weighted by molar-refractivity contribution is 5.94. The number of hydrazine groups is 2. The molecule has 1 amide bonds. The molecule has 0 spiro atoms. The Morgan fingerprint density at radius 1 is 1.33 bits per heavy atom. The van der Waals surface area contributed by atoms with Crippen LogP contribution in [0.25, 0.3) is 0 Å². The fourth-order valence-corrected chi connectivity index (χ4v) is 1.67. The van der Waals surface area contributed by atoms with E-state index >= 15 is 0 Å². The molecule has 0 bridgehead atoms. The van der Waals surface area contributed by atoms with Gasteiger partial charge in [0.25, 0.3) is 0 Å². The second-order valence-corrected chi connectivity index (χ2v) is 3.90. The fraction of sp³-hybridized carbons (Fsp3) is 0.167. The minimum Gasteiger partial charge on any atom is -0.463 e. The number of hydrogen-bond donors (Lipinski definition) is 2. The van der Waals surface area contributed by atoms with E-state index in [-0.39, 0.29) is 0 Å². The Morgan fingerprint density at radius 2 is 2.00 bits per heavy atom. The van der Waals surface area contributed by atoms with Gasteiger partial charge in [0.15, 0.2) is 0 Å². The molecule has 2 N–H and O–H groups in total. The minimum absolute atomic E-state index is 0.517. The molecule has 2 rings (SSSR count). The lowest BCUT2D eigenvalue weighted by molar-refractivity contribution is 0.150. The molecule has 0 atom stereocenters. The van der Waals surface area contributed by atoms with Crippen LogP contribution in [0.2, 0.25) is 0 Å². The number of nitrogens with one attached hydrogen (secondary N) is 1. The molecule has 1 aliphatic heterocycles. The van der Waals surface area contributed by atoms with Gasteiger partial charge in [-0.25, -0.2) is 4.79 Å². The van der Waals surface area contributed by atoms with Crippen LogP contribution in [0, 0.1) is 0 Å². The van der Waals surface area contributed by atoms with Gasteiger partial charge in [0, 0.05) is 5.70 Å². The molecule has 0 aliphatic carbocycles. The van der Waals surface area contributed by atoms with Gasteiger partial charge in [0.1, 0.15) is 0 Å². The van der Waals surface area contributed by atoms with Gasteiger partial charge in [-0.15, -0.1) is 10.1 Å². The first-order chi connectivity index (χ1) is 8.58. The van der Waals surface area contributed by atoms with Gasteiger partial charge in [-0.3, -0.25) is 5.43 Å². The summed E-state index contributed by atoms with van der Waals surface area (Å²) in [4.78, 5) is 11.4. The van der Waals surface area contributed by atoms with Crippen molar-refractivity contribution >= 4 is 17.5 Å². The Morgan fingerprint density at radius 3 is 2.56 bits per heavy atom. The lowest BCUT2D eigenvalue weighted by Gasteiger charge is -2.32. The Bertz CT molecular complexity index is 510. The summed E-state index contributed by atoms with van der Waals surface area (Å²) in [5, 5.41) is 15.7. The summed E-state index contributed by atoms with van der Waals surface area (Å²) in [6.07, 6.45) is 0.724. The number of carbonyl (C=O) groups is 1. The summed E-state index contributed by atoms with van der Waals surface area (Å²) in [5.74, 6) is 0. The van der Waals surface area contributed by atoms with Crippen molar-refractivity contribution in [1.29, 1.82) is 0 Å². The monoisotopic (exact) mass is 246 g/mol. The number of rotatable bonds is 2. The fourth-order valence-electron chi connectivity index (χ4n) is 1.67. The maximum atomic E-state index is 11.4. The third-order valence-electron chi connectivity index (χ3n) is 2.33. The van der Waals surface area contributed by atoms with Gasteiger partial charge < -0.3 is 5.11 Å². The molecule has 0 saturated heterocycles. The second kappa shape index (κ2) is 4.79. The molecule has 1 aromatic carbocycles. The van der Waals surface area contributed by atoms with E-state index in [1.54, 1.807) is 24.3 Å². The summed E-state index contributed by atoms with van der Waals surface area (Å²) in [5.41, 5.74) is 4.95. The Balaban J connectivity index is 2.33. The number of allylic oxidation sites excluding steroid dienone is 2. The summed E-state index contributed by atoms with van der Waals surface area (Å²) in [6.45, 7) is 3.65. The van der Waals surface area contributed by atoms with Crippen LogP contribution in [-0.2, 0) is 0 Å². The number of hydrazone groups is 1. The topological polar surface area (TPSA) is 68.2 Å². The SMILES string of the molecule is CC1=CC(C)=NN(N(C(=O)O)c2ccccc2)N1. The standard InChI is InChI=1S/C12H14N4O2/c1-9-8-10(2)14-16(13-9)15(12(17)18)11-6-4-3-5-7-11/h3-8,13H,1-2H3,(H,17,18). The molecule has 94 valence electrons. The summed E-state index contributed by atoms with van der Waals surface area (Å²) in [7, 11) is 0. The third-order valence-corrected chi connectivity index (χ3v) is 2.33. The Hall–Kier alpha value is -2.50. The highest BCUT2D eigenvalue weighted by Crippen LogP contribution is 2.17. The van der Waals surface area contributed by atoms with Gasteiger partial charge in [0.2, 0.25) is 0 Å². The van der Waals surface area contributed by atoms with Gasteiger partial charge in [-0.1, -0.05) is 23.4 Å². The number of anilines is 1. The van der Waals surface area contributed by atoms with Gasteiger partial charge in [-0.2, -0.15) is 0 Å². The van der Waals surface area contributed by atoms with E-state index in [1.807, 2.05) is 26.0 Å². The van der Waals surface area contributed by atoms with Crippen LogP contribution in [0.1, 0.15) is 13.8 Å². The van der Waals surface area contributed by atoms with Crippen molar-refractivity contribution in [2.24, 2.45) is 5.10 Å². The number of benzene rings is 1. The summed E-state index contributed by atoms with van der Waals surface area (Å²) in [6, 6.07) is 8.78. The van der Waals surface area contributed by atoms with Crippen molar-refractivity contribution in [1.82, 2.24) is 10.7 Å². The zero-order valence-electron chi connectivity index (χ0n) is 10.2. The number of hydrogen-bond acceptors (Lipinski definition) is 4. The van der Waals surface area contributed by atoms with Crippen LogP contribution in [0.3, 0.4) is 0 Å². The number of amides is 1. The molecule has 0 radical (unpaired) electrons. The van der Waals surface area contributed by atoms with Crippen LogP contribution in [0.15, 0.2) is 47.2 Å². The van der Waals surface area contributed by atoms with Crippen molar-refractivity contribution < 1.29 is 9.90 Å². The van der Waals surface area contributed by atoms with Crippen LogP contribution in [-0.4, -0.2) is 22.1 Å². The van der Waals surface area contributed by atoms with E-state index in [0.717, 1.165) is 16.4 Å². The van der Waals surface area contributed by atoms with E-state index in [9.17, 15) is 9.90 Å². The van der Waals surface area contributed by atoms with E-state index in [2.05, 4.69) is 10.5 Å². The van der Waals surface area contributed by atoms with Crippen molar-refractivity contribution in [3.8, 4) is 0 Å². The molecule has 0 saturated carbocycles. The highest BCUT2D eigenvalue weighted by atomic mass is 16.4. The number of carboxylic acid groups (broad SMARTS) is 1. The first-order valence-corrected chi connectivity index (χ1v) is 5.46. The predicted molar refractivity (Wildman–Crippen MR) is 68.8 cm³/mol. The smallest absolute Gasteiger partial charge is 0.434 e. The first kappa shape index (κ1) is 12.0. The molecular weight excluding hydrogens is 232 g/mol. The normalized spacial score (nSPS) is 14.4. The largest absolute Gasteiger partial charge is 0.463 e. The number of nitrogens with zero attached hydrogens (tertiary/aromatic N) is 3. The maximum Gasteiger partial charge on any atom is 0.434 e. The molecule has 6 nitrogen and oxygen atoms in total. The average molecular weight is 246 g/mol. The lowest BCUT2D eigenvalue weighted by atomic mass is 10.3. The molecule has 0 unspecified atom stereocenters. The molecule has 0 fully saturated rings. The van der Waals surface area contributed by atoms with E-state index in [1.165, 1.54) is 5.23 Å². The van der Waals surface area contributed by atoms with Crippen molar-refractivity contribution in [3.05, 3.63) is 42.1 Å². The van der Waals surface area contributed by atoms with E-state index in [0.29, 0.717) is 5.69 Å². The molecule has 1 heterocycles. The Labute approximate surface area is 105 Å². The van der Waals surface area contributed by atoms with E-state index < -0.39 is 6.09 Å². The van der Waals surface area contributed by atoms with Gasteiger partial charge in [-0.05, 0) is 32.1 Å². The maximum absolute atomic E-state index is 11.4. The summed E-state index contributed by atoms with van der Waals surface area (Å²) < 4.78 is 0.